The van der Waals surface area contributed by atoms with E-state index in [0.29, 0.717) is 0 Å². The van der Waals surface area contributed by atoms with Gasteiger partial charge < -0.3 is 9.64 Å². The minimum Gasteiger partial charge on any atom is -0.383 e. The van der Waals surface area contributed by atoms with Crippen LogP contribution in [0.25, 0.3) is 0 Å². The van der Waals surface area contributed by atoms with Gasteiger partial charge in [0.25, 0.3) is 0 Å². The van der Waals surface area contributed by atoms with Crippen molar-refractivity contribution in [1.82, 2.24) is 4.90 Å². The van der Waals surface area contributed by atoms with Crippen molar-refractivity contribution < 1.29 is 4.74 Å². The fourth-order valence-corrected chi connectivity index (χ4v) is 1.000. The Morgan fingerprint density at radius 2 is 2.09 bits per heavy atom. The van der Waals surface area contributed by atoms with Crippen LogP contribution in [0.5, 0.6) is 0 Å². The van der Waals surface area contributed by atoms with E-state index in [2.05, 4.69) is 25.8 Å². The lowest BCUT2D eigenvalue weighted by Gasteiger charge is -2.19. The molecule has 2 nitrogen and oxygen atoms in total. The fraction of sp³-hybridized carbons (Fsp3) is 1.00. The molecule has 0 spiro atoms. The Labute approximate surface area is 70.5 Å². The van der Waals surface area contributed by atoms with Crippen LogP contribution in [0.4, 0.5) is 0 Å². The van der Waals surface area contributed by atoms with Crippen LogP contribution in [0.2, 0.25) is 0 Å². The molecule has 1 unspecified atom stereocenters. The molecular formula is C9H21NO. The number of methoxy groups -OCH3 is 1. The molecular weight excluding hydrogens is 138 g/mol. The molecule has 0 radical (unpaired) electrons. The minimum absolute atomic E-state index is 0.803. The zero-order valence-electron chi connectivity index (χ0n) is 8.26. The summed E-state index contributed by atoms with van der Waals surface area (Å²) >= 11 is 0. The highest BCUT2D eigenvalue weighted by molar-refractivity contribution is 4.56. The summed E-state index contributed by atoms with van der Waals surface area (Å²) in [6, 6.07) is 0. The molecule has 0 aromatic heterocycles. The molecule has 68 valence electrons. The molecule has 0 aliphatic rings. The van der Waals surface area contributed by atoms with Gasteiger partial charge >= 0.3 is 0 Å². The van der Waals surface area contributed by atoms with Gasteiger partial charge in [-0.3, -0.25) is 0 Å². The van der Waals surface area contributed by atoms with Crippen LogP contribution in [0, 0.1) is 5.92 Å². The smallest absolute Gasteiger partial charge is 0.0589 e. The SMILES string of the molecule is CCC(C)CN(C)CCOC. The highest BCUT2D eigenvalue weighted by Gasteiger charge is 2.02. The highest BCUT2D eigenvalue weighted by atomic mass is 16.5. The summed E-state index contributed by atoms with van der Waals surface area (Å²) in [5.74, 6) is 0.803. The van der Waals surface area contributed by atoms with Crippen LogP contribution in [-0.2, 0) is 4.74 Å². The van der Waals surface area contributed by atoms with Gasteiger partial charge in [-0.2, -0.15) is 0 Å². The van der Waals surface area contributed by atoms with Crippen LogP contribution in [-0.4, -0.2) is 38.8 Å². The molecule has 1 atom stereocenters. The van der Waals surface area contributed by atoms with Crippen LogP contribution < -0.4 is 0 Å². The predicted octanol–water partition coefficient (Wildman–Crippen LogP) is 1.61. The molecule has 0 N–H and O–H groups in total. The molecule has 0 amide bonds. The van der Waals surface area contributed by atoms with Crippen LogP contribution in [0.15, 0.2) is 0 Å². The van der Waals surface area contributed by atoms with E-state index >= 15 is 0 Å². The topological polar surface area (TPSA) is 12.5 Å². The van der Waals surface area contributed by atoms with Crippen molar-refractivity contribution in [2.75, 3.05) is 33.9 Å². The fourth-order valence-electron chi connectivity index (χ4n) is 1.000. The Morgan fingerprint density at radius 3 is 2.55 bits per heavy atom. The van der Waals surface area contributed by atoms with Crippen molar-refractivity contribution in [3.8, 4) is 0 Å². The van der Waals surface area contributed by atoms with E-state index in [4.69, 9.17) is 4.74 Å². The van der Waals surface area contributed by atoms with Gasteiger partial charge in [0, 0.05) is 20.2 Å². The lowest BCUT2D eigenvalue weighted by molar-refractivity contribution is 0.153. The molecule has 0 fully saturated rings. The summed E-state index contributed by atoms with van der Waals surface area (Å²) in [4.78, 5) is 2.32. The third-order valence-electron chi connectivity index (χ3n) is 2.00. The molecule has 2 heteroatoms. The summed E-state index contributed by atoms with van der Waals surface area (Å²) in [6.07, 6.45) is 1.26. The van der Waals surface area contributed by atoms with Gasteiger partial charge in [0.1, 0.15) is 0 Å². The van der Waals surface area contributed by atoms with Gasteiger partial charge in [0.2, 0.25) is 0 Å². The second kappa shape index (κ2) is 6.62. The first-order valence-corrected chi connectivity index (χ1v) is 4.38. The quantitative estimate of drug-likeness (QED) is 0.584. The summed E-state index contributed by atoms with van der Waals surface area (Å²) < 4.78 is 4.99. The maximum atomic E-state index is 4.99. The first-order valence-electron chi connectivity index (χ1n) is 4.38. The molecule has 0 aliphatic carbocycles. The number of ether oxygens (including phenoxy) is 1. The average Bonchev–Trinajstić information content (AvgIpc) is 2.00. The second-order valence-corrected chi connectivity index (χ2v) is 3.27. The maximum Gasteiger partial charge on any atom is 0.0589 e. The number of rotatable bonds is 6. The third-order valence-corrected chi connectivity index (χ3v) is 2.00. The first kappa shape index (κ1) is 10.9. The van der Waals surface area contributed by atoms with Crippen molar-refractivity contribution in [3.05, 3.63) is 0 Å². The number of nitrogens with zero attached hydrogens (tertiary/aromatic N) is 1. The molecule has 11 heavy (non-hydrogen) atoms. The standard InChI is InChI=1S/C9H21NO/c1-5-9(2)8-10(3)6-7-11-4/h9H,5-8H2,1-4H3. The monoisotopic (exact) mass is 159 g/mol. The Morgan fingerprint density at radius 1 is 1.45 bits per heavy atom. The number of likely N-dealkylation sites (N-methyl/N-ethyl adjacent to an activating group) is 1. The largest absolute Gasteiger partial charge is 0.383 e. The van der Waals surface area contributed by atoms with Crippen molar-refractivity contribution in [2.45, 2.75) is 20.3 Å². The molecule has 0 aromatic carbocycles. The van der Waals surface area contributed by atoms with Crippen LogP contribution >= 0.6 is 0 Å². The molecule has 0 aromatic rings. The summed E-state index contributed by atoms with van der Waals surface area (Å²) in [5.41, 5.74) is 0. The molecule has 0 bridgehead atoms. The van der Waals surface area contributed by atoms with E-state index in [1.165, 1.54) is 13.0 Å². The molecule has 0 aliphatic heterocycles. The van der Waals surface area contributed by atoms with E-state index in [1.54, 1.807) is 7.11 Å². The van der Waals surface area contributed by atoms with E-state index < -0.39 is 0 Å². The predicted molar refractivity (Wildman–Crippen MR) is 48.8 cm³/mol. The van der Waals surface area contributed by atoms with Crippen molar-refractivity contribution in [2.24, 2.45) is 5.92 Å². The Bertz CT molecular complexity index is 85.6. The van der Waals surface area contributed by atoms with Gasteiger partial charge in [-0.1, -0.05) is 20.3 Å². The Kier molecular flexibility index (Phi) is 6.57. The van der Waals surface area contributed by atoms with Crippen LogP contribution in [0.1, 0.15) is 20.3 Å². The van der Waals surface area contributed by atoms with E-state index in [0.717, 1.165) is 19.1 Å². The first-order chi connectivity index (χ1) is 5.20. The van der Waals surface area contributed by atoms with Gasteiger partial charge in [0.05, 0.1) is 6.61 Å². The van der Waals surface area contributed by atoms with E-state index in [1.807, 2.05) is 0 Å². The summed E-state index contributed by atoms with van der Waals surface area (Å²) in [6.45, 7) is 7.58. The van der Waals surface area contributed by atoms with Crippen LogP contribution in [0.3, 0.4) is 0 Å². The zero-order valence-corrected chi connectivity index (χ0v) is 8.26. The van der Waals surface area contributed by atoms with Gasteiger partial charge in [-0.15, -0.1) is 0 Å². The number of hydrogen-bond acceptors (Lipinski definition) is 2. The minimum atomic E-state index is 0.803. The molecule has 0 rings (SSSR count). The Balaban J connectivity index is 3.27. The summed E-state index contributed by atoms with van der Waals surface area (Å²) in [5, 5.41) is 0. The normalized spacial score (nSPS) is 13.9. The maximum absolute atomic E-state index is 4.99. The molecule has 0 saturated carbocycles. The molecule has 0 heterocycles. The lowest BCUT2D eigenvalue weighted by Crippen LogP contribution is -2.27. The lowest BCUT2D eigenvalue weighted by atomic mass is 10.1. The summed E-state index contributed by atoms with van der Waals surface area (Å²) in [7, 11) is 3.89. The highest BCUT2D eigenvalue weighted by Crippen LogP contribution is 2.01. The second-order valence-electron chi connectivity index (χ2n) is 3.27. The van der Waals surface area contributed by atoms with Gasteiger partial charge in [-0.05, 0) is 13.0 Å². The zero-order chi connectivity index (χ0) is 8.69. The Hall–Kier alpha value is -0.0800. The average molecular weight is 159 g/mol. The van der Waals surface area contributed by atoms with Crippen molar-refractivity contribution in [1.29, 1.82) is 0 Å². The van der Waals surface area contributed by atoms with Gasteiger partial charge in [-0.25, -0.2) is 0 Å². The van der Waals surface area contributed by atoms with Crippen molar-refractivity contribution >= 4 is 0 Å². The number of hydrogen-bond donors (Lipinski definition) is 0. The van der Waals surface area contributed by atoms with E-state index in [9.17, 15) is 0 Å². The molecule has 0 saturated heterocycles. The van der Waals surface area contributed by atoms with Crippen molar-refractivity contribution in [3.63, 3.8) is 0 Å². The van der Waals surface area contributed by atoms with E-state index in [-0.39, 0.29) is 0 Å². The third kappa shape index (κ3) is 6.32. The van der Waals surface area contributed by atoms with Gasteiger partial charge in [0.15, 0.2) is 0 Å².